The van der Waals surface area contributed by atoms with Crippen molar-refractivity contribution < 1.29 is 14.0 Å². The zero-order valence-corrected chi connectivity index (χ0v) is 24.6. The molecule has 8 heteroatoms. The van der Waals surface area contributed by atoms with Crippen LogP contribution >= 0.6 is 0 Å². The average Bonchev–Trinajstić information content (AvgIpc) is 3.56. The molecule has 1 saturated heterocycles. The first-order chi connectivity index (χ1) is 20.4. The molecule has 1 fully saturated rings. The highest BCUT2D eigenvalue weighted by Crippen LogP contribution is 2.30. The molecule has 0 bridgehead atoms. The largest absolute Gasteiger partial charge is 0.459 e. The lowest BCUT2D eigenvalue weighted by atomic mass is 10.1. The van der Waals surface area contributed by atoms with E-state index in [9.17, 15) is 9.59 Å². The highest BCUT2D eigenvalue weighted by atomic mass is 16.3. The van der Waals surface area contributed by atoms with Gasteiger partial charge in [0.25, 0.3) is 11.8 Å². The molecule has 0 radical (unpaired) electrons. The number of hydrogen-bond acceptors (Lipinski definition) is 6. The first-order valence-corrected chi connectivity index (χ1v) is 14.5. The maximum atomic E-state index is 13.2. The van der Waals surface area contributed by atoms with E-state index < -0.39 is 0 Å². The quantitative estimate of drug-likeness (QED) is 0.263. The summed E-state index contributed by atoms with van der Waals surface area (Å²) >= 11 is 0. The fraction of sp³-hybridized carbons (Fsp3) is 0.294. The van der Waals surface area contributed by atoms with Gasteiger partial charge in [-0.05, 0) is 73.6 Å². The Bertz CT molecular complexity index is 1510. The minimum atomic E-state index is -0.355. The van der Waals surface area contributed by atoms with E-state index in [2.05, 4.69) is 82.6 Å². The van der Waals surface area contributed by atoms with Crippen LogP contribution in [0.5, 0.6) is 0 Å². The molecule has 3 aromatic carbocycles. The number of nitrogens with zero attached hydrogens (tertiary/aromatic N) is 3. The number of furan rings is 1. The minimum Gasteiger partial charge on any atom is -0.459 e. The second-order valence-electron chi connectivity index (χ2n) is 10.8. The highest BCUT2D eigenvalue weighted by molar-refractivity contribution is 6.05. The maximum Gasteiger partial charge on any atom is 0.291 e. The van der Waals surface area contributed by atoms with Gasteiger partial charge in [-0.15, -0.1) is 0 Å². The monoisotopic (exact) mass is 565 g/mol. The molecule has 0 atom stereocenters. The van der Waals surface area contributed by atoms with E-state index in [1.165, 1.54) is 23.1 Å². The summed E-state index contributed by atoms with van der Waals surface area (Å²) in [6.07, 6.45) is 1.47. The van der Waals surface area contributed by atoms with Crippen molar-refractivity contribution in [3.05, 3.63) is 113 Å². The molecule has 2 N–H and O–H groups in total. The van der Waals surface area contributed by atoms with Gasteiger partial charge in [-0.25, -0.2) is 0 Å². The first kappa shape index (κ1) is 29.0. The van der Waals surface area contributed by atoms with Gasteiger partial charge in [0.1, 0.15) is 0 Å². The molecule has 5 rings (SSSR count). The van der Waals surface area contributed by atoms with Gasteiger partial charge < -0.3 is 29.8 Å². The first-order valence-electron chi connectivity index (χ1n) is 14.5. The average molecular weight is 566 g/mol. The Morgan fingerprint density at radius 2 is 1.57 bits per heavy atom. The molecule has 0 aliphatic carbocycles. The summed E-state index contributed by atoms with van der Waals surface area (Å²) in [6, 6.07) is 25.5. The van der Waals surface area contributed by atoms with Crippen LogP contribution in [0.3, 0.4) is 0 Å². The molecule has 1 aromatic heterocycles. The highest BCUT2D eigenvalue weighted by Gasteiger charge is 2.23. The van der Waals surface area contributed by atoms with Crippen LogP contribution in [0.25, 0.3) is 0 Å². The summed E-state index contributed by atoms with van der Waals surface area (Å²) in [4.78, 5) is 33.1. The van der Waals surface area contributed by atoms with Gasteiger partial charge in [0, 0.05) is 50.5 Å². The Balaban J connectivity index is 1.31. The van der Waals surface area contributed by atoms with Gasteiger partial charge in [0.2, 0.25) is 0 Å². The topological polar surface area (TPSA) is 81.1 Å². The predicted octanol–water partition coefficient (Wildman–Crippen LogP) is 5.55. The third kappa shape index (κ3) is 7.01. The van der Waals surface area contributed by atoms with E-state index in [-0.39, 0.29) is 17.6 Å². The molecule has 2 amide bonds. The van der Waals surface area contributed by atoms with Crippen molar-refractivity contribution in [3.63, 3.8) is 0 Å². The Morgan fingerprint density at radius 3 is 2.29 bits per heavy atom. The molecule has 4 aromatic rings. The van der Waals surface area contributed by atoms with Crippen LogP contribution in [0, 0.1) is 6.92 Å². The van der Waals surface area contributed by atoms with Crippen molar-refractivity contribution in [2.75, 3.05) is 54.9 Å². The van der Waals surface area contributed by atoms with Gasteiger partial charge in [-0.2, -0.15) is 0 Å². The molecule has 2 heterocycles. The van der Waals surface area contributed by atoms with E-state index in [1.54, 1.807) is 18.2 Å². The lowest BCUT2D eigenvalue weighted by Crippen LogP contribution is -2.47. The summed E-state index contributed by atoms with van der Waals surface area (Å²) in [6.45, 7) is 9.79. The van der Waals surface area contributed by atoms with Gasteiger partial charge in [0.05, 0.1) is 17.6 Å². The molecule has 42 heavy (non-hydrogen) atoms. The molecular formula is C34H39N5O3. The van der Waals surface area contributed by atoms with Crippen molar-refractivity contribution in [1.29, 1.82) is 0 Å². The van der Waals surface area contributed by atoms with Gasteiger partial charge in [0.15, 0.2) is 5.76 Å². The van der Waals surface area contributed by atoms with Crippen molar-refractivity contribution in [3.8, 4) is 0 Å². The molecular weight excluding hydrogens is 526 g/mol. The summed E-state index contributed by atoms with van der Waals surface area (Å²) in [5.74, 6) is -0.338. The Kier molecular flexibility index (Phi) is 9.24. The molecule has 218 valence electrons. The number of aryl methyl sites for hydroxylation is 1. The summed E-state index contributed by atoms with van der Waals surface area (Å²) in [5.41, 5.74) is 6.70. The van der Waals surface area contributed by atoms with E-state index >= 15 is 0 Å². The van der Waals surface area contributed by atoms with Crippen LogP contribution in [0.1, 0.15) is 44.5 Å². The van der Waals surface area contributed by atoms with Crippen LogP contribution in [0.2, 0.25) is 0 Å². The number of carbonyl (C=O) groups excluding carboxylic acids is 2. The second kappa shape index (κ2) is 13.4. The van der Waals surface area contributed by atoms with Crippen molar-refractivity contribution >= 4 is 28.9 Å². The third-order valence-corrected chi connectivity index (χ3v) is 7.77. The number of amides is 2. The zero-order chi connectivity index (χ0) is 29.5. The SMILES string of the molecule is CCN(C)Cc1cccc(CNC(=O)c2ccc(N3CCN(c4ccccc4C)CC3)c(NC(=O)c3ccco3)c2)c1. The molecule has 0 saturated carbocycles. The fourth-order valence-corrected chi connectivity index (χ4v) is 5.30. The van der Waals surface area contributed by atoms with Crippen molar-refractivity contribution in [2.24, 2.45) is 0 Å². The van der Waals surface area contributed by atoms with Gasteiger partial charge in [-0.3, -0.25) is 9.59 Å². The second-order valence-corrected chi connectivity index (χ2v) is 10.8. The van der Waals surface area contributed by atoms with E-state index in [0.717, 1.165) is 50.5 Å². The lowest BCUT2D eigenvalue weighted by Gasteiger charge is -2.38. The molecule has 0 spiro atoms. The minimum absolute atomic E-state index is 0.199. The van der Waals surface area contributed by atoms with Gasteiger partial charge >= 0.3 is 0 Å². The van der Waals surface area contributed by atoms with Crippen molar-refractivity contribution in [1.82, 2.24) is 10.2 Å². The number of carbonyl (C=O) groups is 2. The molecule has 1 aliphatic rings. The standard InChI is InChI=1S/C34H39N5O3/c1-4-37(3)24-27-11-7-10-26(21-27)23-35-33(40)28-14-15-31(29(22-28)36-34(41)32-13-8-20-42-32)39-18-16-38(17-19-39)30-12-6-5-9-25(30)2/h5-15,20-22H,4,16-19,23-24H2,1-3H3,(H,35,40)(H,36,41). The summed E-state index contributed by atoms with van der Waals surface area (Å²) in [7, 11) is 2.09. The van der Waals surface area contributed by atoms with Crippen LogP contribution in [-0.2, 0) is 13.1 Å². The number of rotatable bonds is 10. The summed E-state index contributed by atoms with van der Waals surface area (Å²) in [5, 5.41) is 6.03. The zero-order valence-electron chi connectivity index (χ0n) is 24.6. The maximum absolute atomic E-state index is 13.2. The molecule has 0 unspecified atom stereocenters. The normalized spacial score (nSPS) is 13.3. The van der Waals surface area contributed by atoms with E-state index in [0.29, 0.717) is 17.8 Å². The van der Waals surface area contributed by atoms with Crippen LogP contribution in [0.4, 0.5) is 17.1 Å². The fourth-order valence-electron chi connectivity index (χ4n) is 5.30. The predicted molar refractivity (Wildman–Crippen MR) is 168 cm³/mol. The third-order valence-electron chi connectivity index (χ3n) is 7.77. The number of para-hydroxylation sites is 1. The summed E-state index contributed by atoms with van der Waals surface area (Å²) < 4.78 is 5.32. The van der Waals surface area contributed by atoms with E-state index in [4.69, 9.17) is 4.42 Å². The van der Waals surface area contributed by atoms with Crippen LogP contribution in [0.15, 0.2) is 89.5 Å². The molecule has 1 aliphatic heterocycles. The Morgan fingerprint density at radius 1 is 0.833 bits per heavy atom. The van der Waals surface area contributed by atoms with E-state index in [1.807, 2.05) is 24.3 Å². The number of anilines is 3. The number of hydrogen-bond donors (Lipinski definition) is 2. The lowest BCUT2D eigenvalue weighted by molar-refractivity contribution is 0.0949. The number of nitrogens with one attached hydrogen (secondary N) is 2. The van der Waals surface area contributed by atoms with Gasteiger partial charge in [-0.1, -0.05) is 49.4 Å². The molecule has 8 nitrogen and oxygen atoms in total. The number of benzene rings is 3. The van der Waals surface area contributed by atoms with Crippen LogP contribution < -0.4 is 20.4 Å². The van der Waals surface area contributed by atoms with Crippen LogP contribution in [-0.4, -0.2) is 56.5 Å². The smallest absolute Gasteiger partial charge is 0.291 e. The number of piperazine rings is 1. The van der Waals surface area contributed by atoms with Crippen molar-refractivity contribution in [2.45, 2.75) is 26.9 Å². The Labute approximate surface area is 247 Å². The Hall–Kier alpha value is -4.56.